The van der Waals surface area contributed by atoms with Gasteiger partial charge in [0.15, 0.2) is 0 Å². The van der Waals surface area contributed by atoms with Gasteiger partial charge >= 0.3 is 0 Å². The summed E-state index contributed by atoms with van der Waals surface area (Å²) in [5.41, 5.74) is 1.14. The number of hydrogen-bond donors (Lipinski definition) is 0. The highest BCUT2D eigenvalue weighted by atomic mass is 16.5. The summed E-state index contributed by atoms with van der Waals surface area (Å²) in [5, 5.41) is 4.35. The van der Waals surface area contributed by atoms with Crippen molar-refractivity contribution >= 4 is 11.8 Å². The second-order valence-electron chi connectivity index (χ2n) is 8.48. The standard InChI is InChI=1S/C24H32N4O3/c1-2-28-16-12-21(25-28)24(30)27-15-8-9-19(17-27)18-31-22-11-5-4-10-20(22)23(29)26-13-6-3-7-14-26/h4-5,10-12,16,19H,2-3,6-9,13-15,17-18H2,1H3. The second-order valence-corrected chi connectivity index (χ2v) is 8.48. The van der Waals surface area contributed by atoms with Crippen LogP contribution in [0.15, 0.2) is 36.5 Å². The predicted octanol–water partition coefficient (Wildman–Crippen LogP) is 3.46. The number of amides is 2. The molecule has 1 unspecified atom stereocenters. The zero-order chi connectivity index (χ0) is 21.6. The van der Waals surface area contributed by atoms with Crippen LogP contribution in [0.2, 0.25) is 0 Å². The van der Waals surface area contributed by atoms with E-state index in [9.17, 15) is 9.59 Å². The molecule has 2 aromatic rings. The van der Waals surface area contributed by atoms with Gasteiger partial charge in [0.1, 0.15) is 11.4 Å². The molecule has 3 heterocycles. The van der Waals surface area contributed by atoms with Crippen LogP contribution in [0.1, 0.15) is 59.9 Å². The lowest BCUT2D eigenvalue weighted by Gasteiger charge is -2.32. The molecule has 0 N–H and O–H groups in total. The van der Waals surface area contributed by atoms with E-state index < -0.39 is 0 Å². The summed E-state index contributed by atoms with van der Waals surface area (Å²) in [6, 6.07) is 9.31. The molecule has 2 fully saturated rings. The van der Waals surface area contributed by atoms with E-state index in [4.69, 9.17) is 4.74 Å². The van der Waals surface area contributed by atoms with Gasteiger partial charge in [0.25, 0.3) is 11.8 Å². The number of hydrogen-bond acceptors (Lipinski definition) is 4. The van der Waals surface area contributed by atoms with Crippen LogP contribution >= 0.6 is 0 Å². The first kappa shape index (κ1) is 21.4. The van der Waals surface area contributed by atoms with Crippen LogP contribution in [0.25, 0.3) is 0 Å². The Morgan fingerprint density at radius 3 is 2.55 bits per heavy atom. The number of carbonyl (C=O) groups is 2. The van der Waals surface area contributed by atoms with Gasteiger partial charge in [-0.3, -0.25) is 14.3 Å². The molecule has 0 spiro atoms. The van der Waals surface area contributed by atoms with Crippen molar-refractivity contribution in [2.45, 2.75) is 45.6 Å². The minimum atomic E-state index is -0.0161. The molecule has 0 aliphatic carbocycles. The SMILES string of the molecule is CCn1ccc(C(=O)N2CCCC(COc3ccccc3C(=O)N3CCCCC3)C2)n1. The lowest BCUT2D eigenvalue weighted by molar-refractivity contribution is 0.0625. The minimum Gasteiger partial charge on any atom is -0.492 e. The van der Waals surface area contributed by atoms with E-state index in [1.807, 2.05) is 47.2 Å². The first-order chi connectivity index (χ1) is 15.2. The fourth-order valence-corrected chi connectivity index (χ4v) is 4.44. The van der Waals surface area contributed by atoms with Gasteiger partial charge in [-0.2, -0.15) is 5.10 Å². The largest absolute Gasteiger partial charge is 0.492 e. The lowest BCUT2D eigenvalue weighted by atomic mass is 9.98. The molecule has 166 valence electrons. The number of nitrogens with zero attached hydrogens (tertiary/aromatic N) is 4. The van der Waals surface area contributed by atoms with Gasteiger partial charge in [0, 0.05) is 44.8 Å². The molecule has 2 aliphatic rings. The van der Waals surface area contributed by atoms with Gasteiger partial charge in [-0.1, -0.05) is 12.1 Å². The summed E-state index contributed by atoms with van der Waals surface area (Å²) in [5.74, 6) is 0.923. The molecule has 2 aliphatic heterocycles. The van der Waals surface area contributed by atoms with E-state index in [1.165, 1.54) is 6.42 Å². The fraction of sp³-hybridized carbons (Fsp3) is 0.542. The first-order valence-corrected chi connectivity index (χ1v) is 11.5. The molecule has 1 atom stereocenters. The maximum atomic E-state index is 13.0. The molecule has 4 rings (SSSR count). The molecule has 2 saturated heterocycles. The lowest BCUT2D eigenvalue weighted by Crippen LogP contribution is -2.42. The summed E-state index contributed by atoms with van der Waals surface area (Å²) in [6.07, 6.45) is 7.12. The average Bonchev–Trinajstić information content (AvgIpc) is 3.32. The highest BCUT2D eigenvalue weighted by Gasteiger charge is 2.27. The van der Waals surface area contributed by atoms with Crippen molar-refractivity contribution in [3.05, 3.63) is 47.8 Å². The van der Waals surface area contributed by atoms with Crippen molar-refractivity contribution in [2.75, 3.05) is 32.8 Å². The van der Waals surface area contributed by atoms with Crippen LogP contribution in [0.4, 0.5) is 0 Å². The van der Waals surface area contributed by atoms with Gasteiger partial charge < -0.3 is 14.5 Å². The van der Waals surface area contributed by atoms with Crippen LogP contribution in [0, 0.1) is 5.92 Å². The summed E-state index contributed by atoms with van der Waals surface area (Å²) in [4.78, 5) is 29.6. The predicted molar refractivity (Wildman–Crippen MR) is 118 cm³/mol. The maximum absolute atomic E-state index is 13.0. The van der Waals surface area contributed by atoms with E-state index in [-0.39, 0.29) is 17.7 Å². The molecule has 0 bridgehead atoms. The first-order valence-electron chi connectivity index (χ1n) is 11.5. The topological polar surface area (TPSA) is 67.7 Å². The number of carbonyl (C=O) groups excluding carboxylic acids is 2. The van der Waals surface area contributed by atoms with Crippen LogP contribution in [0.3, 0.4) is 0 Å². The Bertz CT molecular complexity index is 904. The zero-order valence-corrected chi connectivity index (χ0v) is 18.3. The second kappa shape index (κ2) is 9.98. The Kier molecular flexibility index (Phi) is 6.89. The molecule has 0 saturated carbocycles. The molecule has 31 heavy (non-hydrogen) atoms. The number of benzene rings is 1. The Hall–Kier alpha value is -2.83. The smallest absolute Gasteiger partial charge is 0.274 e. The highest BCUT2D eigenvalue weighted by molar-refractivity contribution is 5.97. The Morgan fingerprint density at radius 2 is 1.77 bits per heavy atom. The molecule has 2 amide bonds. The van der Waals surface area contributed by atoms with Crippen LogP contribution < -0.4 is 4.74 Å². The van der Waals surface area contributed by atoms with Crippen molar-refractivity contribution in [3.8, 4) is 5.75 Å². The number of rotatable bonds is 6. The van der Waals surface area contributed by atoms with Crippen molar-refractivity contribution in [1.82, 2.24) is 19.6 Å². The van der Waals surface area contributed by atoms with Gasteiger partial charge in [-0.15, -0.1) is 0 Å². The van der Waals surface area contributed by atoms with Gasteiger partial charge in [-0.25, -0.2) is 0 Å². The Balaban J connectivity index is 1.37. The molecular formula is C24H32N4O3. The number of piperidine rings is 2. The summed E-state index contributed by atoms with van der Waals surface area (Å²) in [6.45, 7) is 6.29. The summed E-state index contributed by atoms with van der Waals surface area (Å²) in [7, 11) is 0. The number of aromatic nitrogens is 2. The molecule has 7 heteroatoms. The van der Waals surface area contributed by atoms with Gasteiger partial charge in [-0.05, 0) is 57.2 Å². The van der Waals surface area contributed by atoms with Crippen LogP contribution in [-0.2, 0) is 6.54 Å². The number of likely N-dealkylation sites (tertiary alicyclic amines) is 2. The minimum absolute atomic E-state index is 0.0161. The summed E-state index contributed by atoms with van der Waals surface area (Å²) < 4.78 is 7.91. The van der Waals surface area contributed by atoms with E-state index in [0.717, 1.165) is 51.9 Å². The zero-order valence-electron chi connectivity index (χ0n) is 18.3. The van der Waals surface area contributed by atoms with Gasteiger partial charge in [0.05, 0.1) is 12.2 Å². The Morgan fingerprint density at radius 1 is 1.00 bits per heavy atom. The molecule has 0 radical (unpaired) electrons. The third kappa shape index (κ3) is 5.09. The van der Waals surface area contributed by atoms with E-state index in [0.29, 0.717) is 30.2 Å². The number of para-hydroxylation sites is 1. The molecule has 1 aromatic carbocycles. The maximum Gasteiger partial charge on any atom is 0.274 e. The average molecular weight is 425 g/mol. The quantitative estimate of drug-likeness (QED) is 0.712. The van der Waals surface area contributed by atoms with E-state index in [1.54, 1.807) is 10.7 Å². The number of aryl methyl sites for hydroxylation is 1. The normalized spacial score (nSPS) is 19.3. The molecule has 1 aromatic heterocycles. The monoisotopic (exact) mass is 424 g/mol. The summed E-state index contributed by atoms with van der Waals surface area (Å²) >= 11 is 0. The molecular weight excluding hydrogens is 392 g/mol. The third-order valence-corrected chi connectivity index (χ3v) is 6.23. The Labute approximate surface area is 184 Å². The van der Waals surface area contributed by atoms with Crippen LogP contribution in [0.5, 0.6) is 5.75 Å². The fourth-order valence-electron chi connectivity index (χ4n) is 4.44. The highest BCUT2D eigenvalue weighted by Crippen LogP contribution is 2.25. The van der Waals surface area contributed by atoms with Crippen molar-refractivity contribution in [1.29, 1.82) is 0 Å². The van der Waals surface area contributed by atoms with E-state index >= 15 is 0 Å². The van der Waals surface area contributed by atoms with Crippen molar-refractivity contribution in [3.63, 3.8) is 0 Å². The third-order valence-electron chi connectivity index (χ3n) is 6.23. The van der Waals surface area contributed by atoms with E-state index in [2.05, 4.69) is 5.10 Å². The van der Waals surface area contributed by atoms with Gasteiger partial charge in [0.2, 0.25) is 0 Å². The number of ether oxygens (including phenoxy) is 1. The molecule has 7 nitrogen and oxygen atoms in total. The van der Waals surface area contributed by atoms with Crippen LogP contribution in [-0.4, -0.2) is 64.2 Å². The van der Waals surface area contributed by atoms with Crippen molar-refractivity contribution < 1.29 is 14.3 Å². The van der Waals surface area contributed by atoms with Crippen molar-refractivity contribution in [2.24, 2.45) is 5.92 Å².